The number of sulfonamides is 1. The first-order valence-corrected chi connectivity index (χ1v) is 11.9. The van der Waals surface area contributed by atoms with Crippen LogP contribution in [0.4, 0.5) is 5.69 Å². The highest BCUT2D eigenvalue weighted by atomic mass is 32.2. The van der Waals surface area contributed by atoms with Gasteiger partial charge in [-0.2, -0.15) is 0 Å². The van der Waals surface area contributed by atoms with Gasteiger partial charge < -0.3 is 23.7 Å². The van der Waals surface area contributed by atoms with E-state index in [1.54, 1.807) is 37.4 Å². The van der Waals surface area contributed by atoms with Crippen LogP contribution in [0.2, 0.25) is 0 Å². The molecule has 9 nitrogen and oxygen atoms in total. The number of benzene rings is 3. The summed E-state index contributed by atoms with van der Waals surface area (Å²) >= 11 is 0. The maximum absolute atomic E-state index is 12.7. The van der Waals surface area contributed by atoms with Crippen molar-refractivity contribution in [3.63, 3.8) is 0 Å². The molecule has 0 aliphatic carbocycles. The highest BCUT2D eigenvalue weighted by molar-refractivity contribution is 7.92. The average Bonchev–Trinajstić information content (AvgIpc) is 2.86. The summed E-state index contributed by atoms with van der Waals surface area (Å²) in [6.07, 6.45) is 0. The zero-order chi connectivity index (χ0) is 24.0. The summed E-state index contributed by atoms with van der Waals surface area (Å²) < 4.78 is 54.6. The van der Waals surface area contributed by atoms with Crippen molar-refractivity contribution >= 4 is 21.7 Å². The molecule has 34 heavy (non-hydrogen) atoms. The third-order valence-electron chi connectivity index (χ3n) is 4.84. The SMILES string of the molecule is COc1ccc(OCCOC(=O)c2ccc(NS(=O)(=O)c3ccc4c(c3)OCCO4)cc2)cc1. The molecule has 3 aromatic rings. The van der Waals surface area contributed by atoms with E-state index < -0.39 is 16.0 Å². The van der Waals surface area contributed by atoms with E-state index in [1.807, 2.05) is 0 Å². The molecule has 0 atom stereocenters. The molecule has 1 heterocycles. The second kappa shape index (κ2) is 10.3. The van der Waals surface area contributed by atoms with Crippen LogP contribution in [0, 0.1) is 0 Å². The Morgan fingerprint density at radius 2 is 1.56 bits per heavy atom. The molecule has 0 saturated heterocycles. The van der Waals surface area contributed by atoms with Crippen LogP contribution in [0.25, 0.3) is 0 Å². The van der Waals surface area contributed by atoms with Crippen molar-refractivity contribution in [3.05, 3.63) is 72.3 Å². The summed E-state index contributed by atoms with van der Waals surface area (Å²) in [6, 6.07) is 17.4. The maximum Gasteiger partial charge on any atom is 0.338 e. The standard InChI is InChI=1S/C24H23NO8S/c1-29-19-6-8-20(9-7-19)30-12-15-33-24(26)17-2-4-18(5-3-17)25-34(27,28)21-10-11-22-23(16-21)32-14-13-31-22/h2-11,16,25H,12-15H2,1H3. The monoisotopic (exact) mass is 485 g/mol. The minimum atomic E-state index is -3.85. The molecule has 3 aromatic carbocycles. The first kappa shape index (κ1) is 23.2. The van der Waals surface area contributed by atoms with Gasteiger partial charge in [0.1, 0.15) is 37.9 Å². The van der Waals surface area contributed by atoms with Gasteiger partial charge in [0.25, 0.3) is 10.0 Å². The highest BCUT2D eigenvalue weighted by Gasteiger charge is 2.19. The molecular formula is C24H23NO8S. The van der Waals surface area contributed by atoms with Crippen LogP contribution >= 0.6 is 0 Å². The predicted molar refractivity (Wildman–Crippen MR) is 123 cm³/mol. The van der Waals surface area contributed by atoms with E-state index in [0.717, 1.165) is 5.75 Å². The average molecular weight is 486 g/mol. The molecule has 4 rings (SSSR count). The number of fused-ring (bicyclic) bond motifs is 1. The van der Waals surface area contributed by atoms with Gasteiger partial charge in [0.05, 0.1) is 17.6 Å². The topological polar surface area (TPSA) is 109 Å². The number of methoxy groups -OCH3 is 1. The van der Waals surface area contributed by atoms with Gasteiger partial charge in [-0.05, 0) is 60.7 Å². The van der Waals surface area contributed by atoms with E-state index in [2.05, 4.69) is 4.72 Å². The maximum atomic E-state index is 12.7. The predicted octanol–water partition coefficient (Wildman–Crippen LogP) is 3.50. The zero-order valence-corrected chi connectivity index (χ0v) is 19.2. The Morgan fingerprint density at radius 3 is 2.26 bits per heavy atom. The van der Waals surface area contributed by atoms with Gasteiger partial charge in [-0.15, -0.1) is 0 Å². The summed E-state index contributed by atoms with van der Waals surface area (Å²) in [4.78, 5) is 12.3. The quantitative estimate of drug-likeness (QED) is 0.362. The Bertz CT molecular complexity index is 1240. The van der Waals surface area contributed by atoms with Gasteiger partial charge >= 0.3 is 5.97 Å². The van der Waals surface area contributed by atoms with Crippen LogP contribution in [0.15, 0.2) is 71.6 Å². The van der Waals surface area contributed by atoms with Gasteiger partial charge in [0, 0.05) is 11.8 Å². The first-order chi connectivity index (χ1) is 16.4. The van der Waals surface area contributed by atoms with E-state index in [-0.39, 0.29) is 23.7 Å². The number of hydrogen-bond donors (Lipinski definition) is 1. The molecule has 0 bridgehead atoms. The number of nitrogens with one attached hydrogen (secondary N) is 1. The van der Waals surface area contributed by atoms with Crippen LogP contribution in [0.5, 0.6) is 23.0 Å². The molecule has 0 saturated carbocycles. The molecule has 1 aliphatic heterocycles. The Kier molecular flexibility index (Phi) is 7.07. The lowest BCUT2D eigenvalue weighted by Gasteiger charge is -2.19. The molecule has 0 amide bonds. The summed E-state index contributed by atoms with van der Waals surface area (Å²) in [5.41, 5.74) is 0.584. The smallest absolute Gasteiger partial charge is 0.338 e. The molecule has 0 fully saturated rings. The number of carbonyl (C=O) groups is 1. The fourth-order valence-electron chi connectivity index (χ4n) is 3.13. The van der Waals surface area contributed by atoms with Crippen LogP contribution < -0.4 is 23.7 Å². The molecule has 178 valence electrons. The van der Waals surface area contributed by atoms with Crippen LogP contribution in [-0.4, -0.2) is 47.9 Å². The van der Waals surface area contributed by atoms with Crippen molar-refractivity contribution in [2.24, 2.45) is 0 Å². The number of esters is 1. The van der Waals surface area contributed by atoms with E-state index >= 15 is 0 Å². The lowest BCUT2D eigenvalue weighted by molar-refractivity contribution is 0.0450. The fraction of sp³-hybridized carbons (Fsp3) is 0.208. The summed E-state index contributed by atoms with van der Waals surface area (Å²) in [6.45, 7) is 1.02. The molecule has 0 aromatic heterocycles. The molecule has 1 aliphatic rings. The third kappa shape index (κ3) is 5.70. The molecular weight excluding hydrogens is 462 g/mol. The van der Waals surface area contributed by atoms with Gasteiger partial charge in [0.2, 0.25) is 0 Å². The number of ether oxygens (including phenoxy) is 5. The van der Waals surface area contributed by atoms with Gasteiger partial charge in [-0.1, -0.05) is 0 Å². The van der Waals surface area contributed by atoms with Crippen molar-refractivity contribution in [2.75, 3.05) is 38.3 Å². The summed E-state index contributed by atoms with van der Waals surface area (Å²) in [7, 11) is -2.27. The molecule has 0 radical (unpaired) electrons. The number of carbonyl (C=O) groups excluding carboxylic acids is 1. The van der Waals surface area contributed by atoms with E-state index in [1.165, 1.54) is 36.4 Å². The lowest BCUT2D eigenvalue weighted by Crippen LogP contribution is -2.17. The van der Waals surface area contributed by atoms with Crippen molar-refractivity contribution < 1.29 is 36.9 Å². The zero-order valence-electron chi connectivity index (χ0n) is 18.4. The van der Waals surface area contributed by atoms with Crippen molar-refractivity contribution in [2.45, 2.75) is 4.90 Å². The Labute approximate surface area is 197 Å². The summed E-state index contributed by atoms with van der Waals surface area (Å²) in [5.74, 6) is 1.69. The second-order valence-corrected chi connectivity index (χ2v) is 8.83. The lowest BCUT2D eigenvalue weighted by atomic mass is 10.2. The van der Waals surface area contributed by atoms with Crippen LogP contribution in [0.3, 0.4) is 0 Å². The van der Waals surface area contributed by atoms with Crippen molar-refractivity contribution in [1.29, 1.82) is 0 Å². The van der Waals surface area contributed by atoms with E-state index in [0.29, 0.717) is 36.1 Å². The Hall–Kier alpha value is -3.92. The van der Waals surface area contributed by atoms with Gasteiger partial charge in [0.15, 0.2) is 11.5 Å². The Morgan fingerprint density at radius 1 is 0.882 bits per heavy atom. The Balaban J connectivity index is 1.29. The minimum absolute atomic E-state index is 0.0390. The number of hydrogen-bond acceptors (Lipinski definition) is 8. The van der Waals surface area contributed by atoms with E-state index in [9.17, 15) is 13.2 Å². The minimum Gasteiger partial charge on any atom is -0.497 e. The number of anilines is 1. The number of rotatable bonds is 9. The molecule has 0 spiro atoms. The van der Waals surface area contributed by atoms with Gasteiger partial charge in [-0.3, -0.25) is 4.72 Å². The highest BCUT2D eigenvalue weighted by Crippen LogP contribution is 2.32. The first-order valence-electron chi connectivity index (χ1n) is 10.4. The normalized spacial score (nSPS) is 12.5. The second-order valence-electron chi connectivity index (χ2n) is 7.15. The largest absolute Gasteiger partial charge is 0.497 e. The third-order valence-corrected chi connectivity index (χ3v) is 6.22. The van der Waals surface area contributed by atoms with Crippen LogP contribution in [0.1, 0.15) is 10.4 Å². The van der Waals surface area contributed by atoms with Crippen LogP contribution in [-0.2, 0) is 14.8 Å². The molecule has 1 N–H and O–H groups in total. The van der Waals surface area contributed by atoms with E-state index in [4.69, 9.17) is 23.7 Å². The van der Waals surface area contributed by atoms with Crippen molar-refractivity contribution in [1.82, 2.24) is 0 Å². The summed E-state index contributed by atoms with van der Waals surface area (Å²) in [5, 5.41) is 0. The molecule has 0 unspecified atom stereocenters. The molecule has 10 heteroatoms. The van der Waals surface area contributed by atoms with Crippen molar-refractivity contribution in [3.8, 4) is 23.0 Å². The van der Waals surface area contributed by atoms with Gasteiger partial charge in [-0.25, -0.2) is 13.2 Å². The fourth-order valence-corrected chi connectivity index (χ4v) is 4.20.